The standard InChI is InChI=1S/C17H20N2OS/c1-3-12-7-5-8-13(4-2)16(12)19-17(21)18-14-9-6-10-15(20)11-14/h5-11,20H,3-4H2,1-2H3,(H2,18,19,21). The van der Waals surface area contributed by atoms with Gasteiger partial charge in [-0.05, 0) is 48.3 Å². The van der Waals surface area contributed by atoms with E-state index in [0.717, 1.165) is 24.2 Å². The highest BCUT2D eigenvalue weighted by atomic mass is 32.1. The molecule has 0 unspecified atom stereocenters. The Hall–Kier alpha value is -2.07. The zero-order valence-corrected chi connectivity index (χ0v) is 13.1. The number of benzene rings is 2. The number of thiocarbonyl (C=S) groups is 1. The van der Waals surface area contributed by atoms with E-state index in [9.17, 15) is 5.11 Å². The van der Waals surface area contributed by atoms with Crippen LogP contribution >= 0.6 is 12.2 Å². The van der Waals surface area contributed by atoms with Crippen LogP contribution in [0.15, 0.2) is 42.5 Å². The van der Waals surface area contributed by atoms with Crippen molar-refractivity contribution < 1.29 is 5.11 Å². The second kappa shape index (κ2) is 7.09. The van der Waals surface area contributed by atoms with Gasteiger partial charge in [0.1, 0.15) is 5.75 Å². The Balaban J connectivity index is 2.16. The van der Waals surface area contributed by atoms with Crippen LogP contribution in [0, 0.1) is 0 Å². The number of phenols is 1. The lowest BCUT2D eigenvalue weighted by molar-refractivity contribution is 0.475. The maximum absolute atomic E-state index is 9.48. The Bertz CT molecular complexity index is 618. The molecule has 21 heavy (non-hydrogen) atoms. The third-order valence-corrected chi connectivity index (χ3v) is 3.55. The summed E-state index contributed by atoms with van der Waals surface area (Å²) in [6.45, 7) is 4.26. The van der Waals surface area contributed by atoms with Crippen molar-refractivity contribution in [1.82, 2.24) is 0 Å². The van der Waals surface area contributed by atoms with Crippen molar-refractivity contribution in [2.45, 2.75) is 26.7 Å². The monoisotopic (exact) mass is 300 g/mol. The fraction of sp³-hybridized carbons (Fsp3) is 0.235. The van der Waals surface area contributed by atoms with Crippen molar-refractivity contribution in [2.75, 3.05) is 10.6 Å². The van der Waals surface area contributed by atoms with Crippen LogP contribution in [0.25, 0.3) is 0 Å². The highest BCUT2D eigenvalue weighted by Gasteiger charge is 2.08. The van der Waals surface area contributed by atoms with Gasteiger partial charge in [-0.1, -0.05) is 38.1 Å². The van der Waals surface area contributed by atoms with E-state index in [1.807, 2.05) is 6.07 Å². The first-order chi connectivity index (χ1) is 10.1. The summed E-state index contributed by atoms with van der Waals surface area (Å²) in [5.41, 5.74) is 4.34. The molecule has 0 saturated carbocycles. The molecule has 110 valence electrons. The van der Waals surface area contributed by atoms with Gasteiger partial charge in [-0.2, -0.15) is 0 Å². The lowest BCUT2D eigenvalue weighted by Gasteiger charge is -2.17. The van der Waals surface area contributed by atoms with Crippen LogP contribution in [0.4, 0.5) is 11.4 Å². The fourth-order valence-corrected chi connectivity index (χ4v) is 2.48. The van der Waals surface area contributed by atoms with E-state index in [-0.39, 0.29) is 5.75 Å². The molecule has 2 aromatic carbocycles. The van der Waals surface area contributed by atoms with Gasteiger partial charge >= 0.3 is 0 Å². The Morgan fingerprint density at radius 1 is 1.00 bits per heavy atom. The highest BCUT2D eigenvalue weighted by Crippen LogP contribution is 2.23. The number of hydrogen-bond donors (Lipinski definition) is 3. The Morgan fingerprint density at radius 3 is 2.19 bits per heavy atom. The number of aryl methyl sites for hydroxylation is 2. The minimum Gasteiger partial charge on any atom is -0.508 e. The lowest BCUT2D eigenvalue weighted by atomic mass is 10.0. The molecule has 0 aliphatic heterocycles. The molecule has 2 rings (SSSR count). The smallest absolute Gasteiger partial charge is 0.175 e. The summed E-state index contributed by atoms with van der Waals surface area (Å²) in [7, 11) is 0. The number of nitrogens with one attached hydrogen (secondary N) is 2. The normalized spacial score (nSPS) is 10.2. The molecule has 0 bridgehead atoms. The van der Waals surface area contributed by atoms with E-state index in [1.54, 1.807) is 18.2 Å². The number of hydrogen-bond acceptors (Lipinski definition) is 2. The van der Waals surface area contributed by atoms with Crippen molar-refractivity contribution in [2.24, 2.45) is 0 Å². The van der Waals surface area contributed by atoms with Crippen LogP contribution in [-0.4, -0.2) is 10.2 Å². The molecule has 0 fully saturated rings. The Kier molecular flexibility index (Phi) is 5.17. The minimum absolute atomic E-state index is 0.214. The van der Waals surface area contributed by atoms with E-state index < -0.39 is 0 Å². The molecule has 0 atom stereocenters. The summed E-state index contributed by atoms with van der Waals surface area (Å²) in [5.74, 6) is 0.214. The number of aromatic hydroxyl groups is 1. The zero-order valence-electron chi connectivity index (χ0n) is 12.3. The van der Waals surface area contributed by atoms with E-state index in [0.29, 0.717) is 5.11 Å². The van der Waals surface area contributed by atoms with Gasteiger partial charge in [0.25, 0.3) is 0 Å². The number of rotatable bonds is 4. The third-order valence-electron chi connectivity index (χ3n) is 3.34. The van der Waals surface area contributed by atoms with Crippen LogP contribution in [0.2, 0.25) is 0 Å². The van der Waals surface area contributed by atoms with Crippen molar-refractivity contribution in [3.05, 3.63) is 53.6 Å². The molecule has 0 radical (unpaired) electrons. The van der Waals surface area contributed by atoms with Gasteiger partial charge in [-0.25, -0.2) is 0 Å². The van der Waals surface area contributed by atoms with Gasteiger partial charge in [0.15, 0.2) is 5.11 Å². The van der Waals surface area contributed by atoms with E-state index in [4.69, 9.17) is 12.2 Å². The highest BCUT2D eigenvalue weighted by molar-refractivity contribution is 7.80. The van der Waals surface area contributed by atoms with E-state index in [1.165, 1.54) is 11.1 Å². The third kappa shape index (κ3) is 3.95. The molecule has 0 aliphatic rings. The first-order valence-corrected chi connectivity index (χ1v) is 7.52. The van der Waals surface area contributed by atoms with Gasteiger partial charge in [-0.15, -0.1) is 0 Å². The topological polar surface area (TPSA) is 44.3 Å². The molecule has 0 heterocycles. The minimum atomic E-state index is 0.214. The summed E-state index contributed by atoms with van der Waals surface area (Å²) < 4.78 is 0. The second-order valence-corrected chi connectivity index (χ2v) is 5.20. The maximum atomic E-state index is 9.48. The van der Waals surface area contributed by atoms with Crippen LogP contribution in [0.5, 0.6) is 5.75 Å². The molecule has 0 spiro atoms. The summed E-state index contributed by atoms with van der Waals surface area (Å²) in [5, 5.41) is 16.4. The lowest BCUT2D eigenvalue weighted by Crippen LogP contribution is -2.20. The molecule has 3 nitrogen and oxygen atoms in total. The quantitative estimate of drug-likeness (QED) is 0.736. The predicted octanol–water partition coefficient (Wildman–Crippen LogP) is 4.33. The van der Waals surface area contributed by atoms with Gasteiger partial charge in [0.05, 0.1) is 0 Å². The van der Waals surface area contributed by atoms with Crippen LogP contribution < -0.4 is 10.6 Å². The molecule has 0 saturated heterocycles. The fourth-order valence-electron chi connectivity index (χ4n) is 2.26. The average Bonchev–Trinajstić information content (AvgIpc) is 2.47. The maximum Gasteiger partial charge on any atom is 0.175 e. The molecule has 0 aromatic heterocycles. The second-order valence-electron chi connectivity index (χ2n) is 4.79. The zero-order chi connectivity index (χ0) is 15.2. The van der Waals surface area contributed by atoms with E-state index >= 15 is 0 Å². The molecule has 3 N–H and O–H groups in total. The van der Waals surface area contributed by atoms with Crippen molar-refractivity contribution in [3.8, 4) is 5.75 Å². The molecule has 0 aliphatic carbocycles. The summed E-state index contributed by atoms with van der Waals surface area (Å²) >= 11 is 5.37. The first-order valence-electron chi connectivity index (χ1n) is 7.11. The van der Waals surface area contributed by atoms with Crippen molar-refractivity contribution in [1.29, 1.82) is 0 Å². The van der Waals surface area contributed by atoms with Crippen molar-refractivity contribution >= 4 is 28.7 Å². The van der Waals surface area contributed by atoms with Crippen LogP contribution in [0.1, 0.15) is 25.0 Å². The number of para-hydroxylation sites is 1. The Labute approximate surface area is 131 Å². The molecule has 4 heteroatoms. The molecule has 2 aromatic rings. The summed E-state index contributed by atoms with van der Waals surface area (Å²) in [6.07, 6.45) is 1.90. The molecular weight excluding hydrogens is 280 g/mol. The van der Waals surface area contributed by atoms with Crippen LogP contribution in [-0.2, 0) is 12.8 Å². The molecule has 0 amide bonds. The van der Waals surface area contributed by atoms with Gasteiger partial charge < -0.3 is 15.7 Å². The summed E-state index contributed by atoms with van der Waals surface area (Å²) in [6, 6.07) is 13.2. The van der Waals surface area contributed by atoms with Crippen molar-refractivity contribution in [3.63, 3.8) is 0 Å². The number of phenolic OH excluding ortho intramolecular Hbond substituents is 1. The largest absolute Gasteiger partial charge is 0.508 e. The summed E-state index contributed by atoms with van der Waals surface area (Å²) in [4.78, 5) is 0. The first kappa shape index (κ1) is 15.3. The van der Waals surface area contributed by atoms with Gasteiger partial charge in [-0.3, -0.25) is 0 Å². The van der Waals surface area contributed by atoms with Gasteiger partial charge in [0, 0.05) is 17.4 Å². The van der Waals surface area contributed by atoms with E-state index in [2.05, 4.69) is 42.7 Å². The molecular formula is C17H20N2OS. The average molecular weight is 300 g/mol. The SMILES string of the molecule is CCc1cccc(CC)c1NC(=S)Nc1cccc(O)c1. The number of anilines is 2. The Morgan fingerprint density at radius 2 is 1.62 bits per heavy atom. The van der Waals surface area contributed by atoms with Gasteiger partial charge in [0.2, 0.25) is 0 Å². The predicted molar refractivity (Wildman–Crippen MR) is 93.1 cm³/mol. The van der Waals surface area contributed by atoms with Crippen LogP contribution in [0.3, 0.4) is 0 Å².